The van der Waals surface area contributed by atoms with Crippen molar-refractivity contribution in [2.45, 2.75) is 11.5 Å². The number of carbonyl (C=O) groups excluding carboxylic acids is 1. The molecule has 7 heavy (non-hydrogen) atoms. The van der Waals surface area contributed by atoms with Crippen molar-refractivity contribution in [2.75, 3.05) is 7.11 Å². The van der Waals surface area contributed by atoms with E-state index in [1.165, 1.54) is 7.11 Å². The van der Waals surface area contributed by atoms with Gasteiger partial charge in [-0.1, -0.05) is 0 Å². The van der Waals surface area contributed by atoms with Crippen molar-refractivity contribution in [3.63, 3.8) is 0 Å². The number of methoxy groups -OCH3 is 1. The maximum absolute atomic E-state index is 10.3. The summed E-state index contributed by atoms with van der Waals surface area (Å²) in [4.78, 5) is 10.3. The van der Waals surface area contributed by atoms with Crippen LogP contribution in [0.4, 0.5) is 0 Å². The van der Waals surface area contributed by atoms with Gasteiger partial charge in [0.2, 0.25) is 0 Å². The van der Waals surface area contributed by atoms with Crippen LogP contribution in [0, 0.1) is 0 Å². The molecule has 0 spiro atoms. The monoisotopic (exact) mass is 94.1 g/mol. The van der Waals surface area contributed by atoms with E-state index in [2.05, 4.69) is 4.74 Å². The van der Waals surface area contributed by atoms with Crippen molar-refractivity contribution in [3.8, 4) is 0 Å². The topological polar surface area (TPSA) is 26.3 Å². The number of ether oxygens (including phenoxy) is 1. The third-order valence-electron chi connectivity index (χ3n) is 0.673. The van der Waals surface area contributed by atoms with Gasteiger partial charge in [-0.25, -0.2) is 0 Å². The van der Waals surface area contributed by atoms with Crippen molar-refractivity contribution in [3.05, 3.63) is 0 Å². The second kappa shape index (κ2) is 3.12. The summed E-state index contributed by atoms with van der Waals surface area (Å²) >= 11 is 1.80. The summed E-state index contributed by atoms with van der Waals surface area (Å²) in [5.74, 6) is -0.153. The maximum atomic E-state index is 10.3. The molecule has 36 valence electrons. The first kappa shape index (κ1) is 7.07. The molecule has 0 rings (SSSR count). The van der Waals surface area contributed by atoms with Crippen LogP contribution in [-0.4, -0.2) is 30.8 Å². The Morgan fingerprint density at radius 2 is 2.29 bits per heavy atom. The molecule has 0 fully saturated rings. The minimum atomic E-state index is -0.153. The fourth-order valence-corrected chi connectivity index (χ4v) is 0.236. The van der Waals surface area contributed by atoms with Gasteiger partial charge >= 0.3 is 51.8 Å². The fourth-order valence-electron chi connectivity index (χ4n) is 0.236. The number of hydrogen-bond donors (Lipinski definition) is 0. The molecule has 0 N–H and O–H groups in total. The van der Waals surface area contributed by atoms with Crippen LogP contribution in [-0.2, 0) is 9.53 Å². The van der Waals surface area contributed by atoms with Crippen LogP contribution >= 0.6 is 0 Å². The molecule has 0 saturated heterocycles. The summed E-state index contributed by atoms with van der Waals surface area (Å²) in [7, 11) is 1.39. The Morgan fingerprint density at radius 1 is 1.86 bits per heavy atom. The molecule has 1 unspecified atom stereocenters. The molecule has 2 nitrogen and oxygen atoms in total. The zero-order chi connectivity index (χ0) is 5.86. The number of esters is 1. The summed E-state index contributed by atoms with van der Waals surface area (Å²) in [5, 5.41) is 0. The molecule has 0 aromatic heterocycles. The van der Waals surface area contributed by atoms with Gasteiger partial charge in [-0.15, -0.1) is 0 Å². The van der Waals surface area contributed by atoms with E-state index >= 15 is 0 Å². The Labute approximate surface area is 52.4 Å². The Balaban J connectivity index is 3.35. The van der Waals surface area contributed by atoms with Crippen LogP contribution < -0.4 is 0 Å². The Kier molecular flexibility index (Phi) is 3.15. The van der Waals surface area contributed by atoms with E-state index in [0.717, 1.165) is 0 Å². The van der Waals surface area contributed by atoms with Gasteiger partial charge in [0.25, 0.3) is 0 Å². The van der Waals surface area contributed by atoms with Crippen LogP contribution in [0.15, 0.2) is 0 Å². The van der Waals surface area contributed by atoms with Gasteiger partial charge < -0.3 is 0 Å². The summed E-state index contributed by atoms with van der Waals surface area (Å²) in [6.07, 6.45) is 0. The first-order valence-electron chi connectivity index (χ1n) is 2.26. The van der Waals surface area contributed by atoms with Crippen LogP contribution in [0.2, 0.25) is 4.59 Å². The van der Waals surface area contributed by atoms with Crippen LogP contribution in [0.3, 0.4) is 0 Å². The summed E-state index contributed by atoms with van der Waals surface area (Å²) in [6, 6.07) is 0. The molecule has 0 aliphatic carbocycles. The van der Waals surface area contributed by atoms with E-state index in [1.54, 1.807) is 24.6 Å². The quantitative estimate of drug-likeness (QED) is 0.341. The van der Waals surface area contributed by atoms with Gasteiger partial charge in [-0.3, -0.25) is 0 Å². The van der Waals surface area contributed by atoms with E-state index in [1.807, 2.05) is 0 Å². The van der Waals surface area contributed by atoms with Crippen molar-refractivity contribution >= 4 is 23.7 Å². The molecular weight excluding hydrogens is 87.0 g/mol. The third kappa shape index (κ3) is 2.73. The molecule has 3 heteroatoms. The second-order valence-electron chi connectivity index (χ2n) is 1.68. The van der Waals surface area contributed by atoms with E-state index < -0.39 is 0 Å². The molecule has 0 saturated carbocycles. The average molecular weight is 94.0 g/mol. The molecule has 0 amide bonds. The van der Waals surface area contributed by atoms with Crippen molar-refractivity contribution in [1.29, 1.82) is 0 Å². The van der Waals surface area contributed by atoms with Crippen LogP contribution in [0.25, 0.3) is 0 Å². The van der Waals surface area contributed by atoms with Crippen LogP contribution in [0.1, 0.15) is 6.92 Å². The van der Waals surface area contributed by atoms with Crippen molar-refractivity contribution < 1.29 is 9.53 Å². The Hall–Kier alpha value is 0.0674. The molecule has 1 atom stereocenters. The van der Waals surface area contributed by atoms with Crippen molar-refractivity contribution in [1.82, 2.24) is 0 Å². The zero-order valence-electron chi connectivity index (χ0n) is 4.89. The van der Waals surface area contributed by atoms with Gasteiger partial charge in [0.1, 0.15) is 0 Å². The first-order chi connectivity index (χ1) is 3.18. The fraction of sp³-hybridized carbons (Fsp3) is 0.750. The number of carbonyl (C=O) groups is 1. The molecule has 0 radical (unpaired) electrons. The SMILES string of the molecule is [Li][CH](C)C(=O)OC. The van der Waals surface area contributed by atoms with E-state index in [9.17, 15) is 4.79 Å². The van der Waals surface area contributed by atoms with Gasteiger partial charge in [0.05, 0.1) is 0 Å². The number of rotatable bonds is 1. The molecule has 0 heterocycles. The van der Waals surface area contributed by atoms with E-state index in [4.69, 9.17) is 0 Å². The Bertz CT molecular complexity index is 70.1. The minimum absolute atomic E-state index is 0.00463. The predicted molar refractivity (Wildman–Crippen MR) is 27.2 cm³/mol. The first-order valence-corrected chi connectivity index (χ1v) is 2.26. The van der Waals surface area contributed by atoms with Gasteiger partial charge in [0.15, 0.2) is 0 Å². The third-order valence-corrected chi connectivity index (χ3v) is 0.673. The molecule has 0 aromatic carbocycles. The Morgan fingerprint density at radius 3 is 2.29 bits per heavy atom. The standard InChI is InChI=1S/C4H7O2.Li/c1-3-4(5)6-2;/h3H,1-2H3;. The van der Waals surface area contributed by atoms with E-state index in [-0.39, 0.29) is 10.6 Å². The molecule has 0 aliphatic heterocycles. The normalized spacial score (nSPS) is 13.1. The second-order valence-corrected chi connectivity index (χ2v) is 1.68. The van der Waals surface area contributed by atoms with E-state index in [0.29, 0.717) is 0 Å². The summed E-state index contributed by atoms with van der Waals surface area (Å²) < 4.78 is 4.38. The summed E-state index contributed by atoms with van der Waals surface area (Å²) in [6.45, 7) is 1.80. The molecule has 0 bridgehead atoms. The van der Waals surface area contributed by atoms with Crippen molar-refractivity contribution in [2.24, 2.45) is 0 Å². The summed E-state index contributed by atoms with van der Waals surface area (Å²) in [5.41, 5.74) is 0. The predicted octanol–water partition coefficient (Wildman–Crippen LogP) is 0.136. The molecule has 0 aromatic rings. The zero-order valence-corrected chi connectivity index (χ0v) is 4.89. The van der Waals surface area contributed by atoms with Gasteiger partial charge in [0, 0.05) is 0 Å². The molecule has 0 aliphatic rings. The van der Waals surface area contributed by atoms with Crippen LogP contribution in [0.5, 0.6) is 0 Å². The number of hydrogen-bond acceptors (Lipinski definition) is 2. The van der Waals surface area contributed by atoms with Gasteiger partial charge in [-0.2, -0.15) is 0 Å². The average Bonchev–Trinajstić information content (AvgIpc) is 1.65. The molecular formula is C4H7LiO2. The van der Waals surface area contributed by atoms with Gasteiger partial charge in [-0.05, 0) is 0 Å².